The molecule has 0 saturated heterocycles. The molecule has 2 N–H and O–H groups in total. The Morgan fingerprint density at radius 3 is 2.00 bits per heavy atom. The molecule has 9 heteroatoms. The summed E-state index contributed by atoms with van der Waals surface area (Å²) in [5.74, 6) is -0.509. The molecule has 0 spiro atoms. The monoisotopic (exact) mass is 458 g/mol. The summed E-state index contributed by atoms with van der Waals surface area (Å²) < 4.78 is 15.5. The number of Topliss-reactive ketones (excluding diaryl/α,β-unsaturated/α-hetero) is 2. The number of hydrogen-bond donors (Lipinski definition) is 2. The van der Waals surface area contributed by atoms with Gasteiger partial charge in [-0.3, -0.25) is 19.2 Å². The van der Waals surface area contributed by atoms with E-state index in [1.165, 1.54) is 6.92 Å². The molecule has 0 aliphatic carbocycles. The van der Waals surface area contributed by atoms with Crippen molar-refractivity contribution in [3.05, 3.63) is 0 Å². The number of hydrogen-bond acceptors (Lipinski definition) is 7. The first-order valence-electron chi connectivity index (χ1n) is 11.4. The number of rotatable bonds is 19. The number of amides is 2. The van der Waals surface area contributed by atoms with E-state index in [-0.39, 0.29) is 55.5 Å². The molecule has 0 bridgehead atoms. The quantitative estimate of drug-likeness (QED) is 0.283. The Morgan fingerprint density at radius 2 is 1.41 bits per heavy atom. The van der Waals surface area contributed by atoms with Gasteiger partial charge in [0.2, 0.25) is 11.8 Å². The first-order valence-corrected chi connectivity index (χ1v) is 11.4. The maximum absolute atomic E-state index is 12.2. The van der Waals surface area contributed by atoms with Crippen molar-refractivity contribution >= 4 is 23.4 Å². The molecule has 0 aromatic heterocycles. The van der Waals surface area contributed by atoms with Gasteiger partial charge in [-0.05, 0) is 26.7 Å². The molecule has 0 rings (SSSR count). The number of ketones is 2. The highest BCUT2D eigenvalue weighted by Gasteiger charge is 2.26. The SMILES string of the molecule is CCOCC(=O)NCCOCCOCC(=O)NCCCC[C@H](CC(=O)C(C)(C)C)C(C)=O. The van der Waals surface area contributed by atoms with Crippen LogP contribution in [0.5, 0.6) is 0 Å². The van der Waals surface area contributed by atoms with Gasteiger partial charge in [-0.1, -0.05) is 27.2 Å². The lowest BCUT2D eigenvalue weighted by molar-refractivity contribution is -0.131. The minimum absolute atomic E-state index is 0.0372. The molecule has 0 aliphatic heterocycles. The largest absolute Gasteiger partial charge is 0.377 e. The van der Waals surface area contributed by atoms with Crippen LogP contribution in [0.3, 0.4) is 0 Å². The van der Waals surface area contributed by atoms with Crippen molar-refractivity contribution in [1.29, 1.82) is 0 Å². The topological polar surface area (TPSA) is 120 Å². The smallest absolute Gasteiger partial charge is 0.246 e. The lowest BCUT2D eigenvalue weighted by atomic mass is 9.82. The molecule has 2 amide bonds. The zero-order valence-corrected chi connectivity index (χ0v) is 20.4. The molecule has 186 valence electrons. The molecule has 1 atom stereocenters. The van der Waals surface area contributed by atoms with E-state index in [0.29, 0.717) is 39.3 Å². The van der Waals surface area contributed by atoms with Crippen molar-refractivity contribution in [2.45, 2.75) is 60.3 Å². The van der Waals surface area contributed by atoms with Crippen LogP contribution < -0.4 is 10.6 Å². The average Bonchev–Trinajstić information content (AvgIpc) is 2.71. The predicted molar refractivity (Wildman–Crippen MR) is 121 cm³/mol. The molecule has 0 aromatic carbocycles. The van der Waals surface area contributed by atoms with Gasteiger partial charge in [0.1, 0.15) is 24.8 Å². The first kappa shape index (κ1) is 30.2. The van der Waals surface area contributed by atoms with Crippen LogP contribution in [0.2, 0.25) is 0 Å². The summed E-state index contributed by atoms with van der Waals surface area (Å²) in [6.45, 7) is 11.3. The van der Waals surface area contributed by atoms with Crippen LogP contribution in [-0.4, -0.2) is 76.1 Å². The van der Waals surface area contributed by atoms with E-state index in [4.69, 9.17) is 14.2 Å². The Morgan fingerprint density at radius 1 is 0.812 bits per heavy atom. The van der Waals surface area contributed by atoms with Crippen molar-refractivity contribution in [2.24, 2.45) is 11.3 Å². The Labute approximate surface area is 192 Å². The second-order valence-electron chi connectivity index (χ2n) is 8.68. The predicted octanol–water partition coefficient (Wildman–Crippen LogP) is 1.67. The van der Waals surface area contributed by atoms with Crippen LogP contribution >= 0.6 is 0 Å². The lowest BCUT2D eigenvalue weighted by Crippen LogP contribution is -2.31. The minimum Gasteiger partial charge on any atom is -0.377 e. The molecule has 0 heterocycles. The number of unbranched alkanes of at least 4 members (excludes halogenated alkanes) is 1. The highest BCUT2D eigenvalue weighted by molar-refractivity contribution is 5.89. The van der Waals surface area contributed by atoms with Crippen molar-refractivity contribution in [3.8, 4) is 0 Å². The van der Waals surface area contributed by atoms with Crippen molar-refractivity contribution < 1.29 is 33.4 Å². The van der Waals surface area contributed by atoms with Crippen LogP contribution in [0.15, 0.2) is 0 Å². The third-order valence-corrected chi connectivity index (χ3v) is 4.76. The van der Waals surface area contributed by atoms with E-state index in [0.717, 1.165) is 12.8 Å². The molecular formula is C23H42N2O7. The molecule has 0 fully saturated rings. The highest BCUT2D eigenvalue weighted by atomic mass is 16.5. The Kier molecular flexibility index (Phi) is 16.7. The summed E-state index contributed by atoms with van der Waals surface area (Å²) in [5.41, 5.74) is -0.438. The lowest BCUT2D eigenvalue weighted by Gasteiger charge is -2.20. The second-order valence-corrected chi connectivity index (χ2v) is 8.68. The zero-order valence-electron chi connectivity index (χ0n) is 20.4. The molecule has 9 nitrogen and oxygen atoms in total. The number of carbonyl (C=O) groups excluding carboxylic acids is 4. The van der Waals surface area contributed by atoms with Crippen LogP contribution in [0.1, 0.15) is 60.3 Å². The fourth-order valence-electron chi connectivity index (χ4n) is 2.67. The first-order chi connectivity index (χ1) is 15.1. The fourth-order valence-corrected chi connectivity index (χ4v) is 2.67. The van der Waals surface area contributed by atoms with Gasteiger partial charge in [0, 0.05) is 37.5 Å². The maximum atomic E-state index is 12.2. The third kappa shape index (κ3) is 16.8. The van der Waals surface area contributed by atoms with Gasteiger partial charge in [-0.25, -0.2) is 0 Å². The van der Waals surface area contributed by atoms with Crippen LogP contribution in [0.4, 0.5) is 0 Å². The van der Waals surface area contributed by atoms with Crippen LogP contribution in [0.25, 0.3) is 0 Å². The zero-order chi connectivity index (χ0) is 24.4. The van der Waals surface area contributed by atoms with E-state index in [1.807, 2.05) is 27.7 Å². The summed E-state index contributed by atoms with van der Waals surface area (Å²) in [5, 5.41) is 5.43. The summed E-state index contributed by atoms with van der Waals surface area (Å²) in [7, 11) is 0. The van der Waals surface area contributed by atoms with E-state index in [2.05, 4.69) is 10.6 Å². The molecule has 0 aromatic rings. The van der Waals surface area contributed by atoms with Gasteiger partial charge >= 0.3 is 0 Å². The third-order valence-electron chi connectivity index (χ3n) is 4.76. The van der Waals surface area contributed by atoms with Gasteiger partial charge in [0.25, 0.3) is 0 Å². The number of ether oxygens (including phenoxy) is 3. The molecule has 0 radical (unpaired) electrons. The van der Waals surface area contributed by atoms with Gasteiger partial charge in [-0.15, -0.1) is 0 Å². The standard InChI is InChI=1S/C23H42N2O7/c1-6-30-16-21(28)25-11-12-31-13-14-32-17-22(29)24-10-8-7-9-19(18(2)26)15-20(27)23(3,4)5/h19H,6-17H2,1-5H3,(H,24,29)(H,25,28)/t19-/m1/s1. The van der Waals surface area contributed by atoms with Gasteiger partial charge in [-0.2, -0.15) is 0 Å². The summed E-state index contributed by atoms with van der Waals surface area (Å²) in [6, 6.07) is 0. The Hall–Kier alpha value is -1.84. The van der Waals surface area contributed by atoms with E-state index < -0.39 is 5.41 Å². The molecule has 32 heavy (non-hydrogen) atoms. The fraction of sp³-hybridized carbons (Fsp3) is 0.826. The van der Waals surface area contributed by atoms with Gasteiger partial charge in [0.05, 0.1) is 19.8 Å². The van der Waals surface area contributed by atoms with E-state index >= 15 is 0 Å². The summed E-state index contributed by atoms with van der Waals surface area (Å²) in [6.07, 6.45) is 2.42. The average molecular weight is 459 g/mol. The van der Waals surface area contributed by atoms with Crippen molar-refractivity contribution in [2.75, 3.05) is 52.7 Å². The minimum atomic E-state index is -0.438. The Balaban J connectivity index is 3.70. The van der Waals surface area contributed by atoms with E-state index in [9.17, 15) is 19.2 Å². The molecule has 0 saturated carbocycles. The van der Waals surface area contributed by atoms with Gasteiger partial charge < -0.3 is 24.8 Å². The maximum Gasteiger partial charge on any atom is 0.246 e. The Bertz CT molecular complexity index is 573. The van der Waals surface area contributed by atoms with Crippen LogP contribution in [0, 0.1) is 11.3 Å². The van der Waals surface area contributed by atoms with Crippen molar-refractivity contribution in [1.82, 2.24) is 10.6 Å². The summed E-state index contributed by atoms with van der Waals surface area (Å²) in [4.78, 5) is 47.0. The molecule has 0 aliphatic rings. The van der Waals surface area contributed by atoms with Crippen LogP contribution in [-0.2, 0) is 33.4 Å². The summed E-state index contributed by atoms with van der Waals surface area (Å²) >= 11 is 0. The second kappa shape index (κ2) is 17.7. The normalized spacial score (nSPS) is 12.3. The number of nitrogens with one attached hydrogen (secondary N) is 2. The van der Waals surface area contributed by atoms with E-state index in [1.54, 1.807) is 0 Å². The highest BCUT2D eigenvalue weighted by Crippen LogP contribution is 2.23. The molecule has 0 unspecified atom stereocenters. The molecular weight excluding hydrogens is 416 g/mol. The van der Waals surface area contributed by atoms with Crippen molar-refractivity contribution in [3.63, 3.8) is 0 Å². The number of carbonyl (C=O) groups is 4. The van der Waals surface area contributed by atoms with Gasteiger partial charge in [0.15, 0.2) is 0 Å².